The summed E-state index contributed by atoms with van der Waals surface area (Å²) in [4.78, 5) is 0. The van der Waals surface area contributed by atoms with Gasteiger partial charge in [-0.1, -0.05) is 44.5 Å². The van der Waals surface area contributed by atoms with E-state index in [1.807, 2.05) is 25.2 Å². The van der Waals surface area contributed by atoms with Crippen LogP contribution >= 0.6 is 11.6 Å². The number of hydrogen-bond acceptors (Lipinski definition) is 2. The van der Waals surface area contributed by atoms with Crippen LogP contribution in [0.2, 0.25) is 5.02 Å². The third kappa shape index (κ3) is 2.27. The van der Waals surface area contributed by atoms with E-state index in [1.54, 1.807) is 0 Å². The molecule has 0 amide bonds. The van der Waals surface area contributed by atoms with Crippen molar-refractivity contribution < 1.29 is 4.42 Å². The second-order valence-electron chi connectivity index (χ2n) is 5.37. The molecule has 1 atom stereocenters. The molecule has 0 aliphatic heterocycles. The average molecular weight is 266 g/mol. The molecule has 1 unspecified atom stereocenters. The Kier molecular flexibility index (Phi) is 3.69. The monoisotopic (exact) mass is 265 g/mol. The van der Waals surface area contributed by atoms with E-state index in [2.05, 4.69) is 32.2 Å². The fourth-order valence-electron chi connectivity index (χ4n) is 2.31. The lowest BCUT2D eigenvalue weighted by Crippen LogP contribution is -2.31. The van der Waals surface area contributed by atoms with E-state index in [1.165, 1.54) is 0 Å². The Bertz CT molecular complexity index is 544. The van der Waals surface area contributed by atoms with E-state index >= 15 is 0 Å². The van der Waals surface area contributed by atoms with E-state index in [0.29, 0.717) is 5.02 Å². The maximum Gasteiger partial charge on any atom is 0.152 e. The molecule has 0 saturated carbocycles. The number of nitrogens with one attached hydrogen (secondary N) is 1. The molecular weight excluding hydrogens is 246 g/mol. The zero-order valence-electron chi connectivity index (χ0n) is 11.4. The number of rotatable bonds is 4. The Hall–Kier alpha value is -0.990. The Balaban J connectivity index is 2.50. The van der Waals surface area contributed by atoms with Gasteiger partial charge in [-0.2, -0.15) is 0 Å². The first-order valence-electron chi connectivity index (χ1n) is 6.35. The lowest BCUT2D eigenvalue weighted by molar-refractivity contribution is 0.219. The van der Waals surface area contributed by atoms with Crippen LogP contribution < -0.4 is 5.32 Å². The highest BCUT2D eigenvalue weighted by atomic mass is 35.5. The van der Waals surface area contributed by atoms with Gasteiger partial charge in [0.05, 0.1) is 11.1 Å². The lowest BCUT2D eigenvalue weighted by atomic mass is 9.80. The summed E-state index contributed by atoms with van der Waals surface area (Å²) >= 11 is 6.15. The summed E-state index contributed by atoms with van der Waals surface area (Å²) in [5.41, 5.74) is 0.913. The molecule has 0 radical (unpaired) electrons. The molecule has 18 heavy (non-hydrogen) atoms. The van der Waals surface area contributed by atoms with E-state index in [0.717, 1.165) is 23.2 Å². The smallest absolute Gasteiger partial charge is 0.152 e. The second-order valence-corrected chi connectivity index (χ2v) is 5.78. The molecule has 1 heterocycles. The molecule has 2 nitrogen and oxygen atoms in total. The van der Waals surface area contributed by atoms with E-state index < -0.39 is 0 Å². The van der Waals surface area contributed by atoms with Crippen molar-refractivity contribution in [2.75, 3.05) is 7.05 Å². The van der Waals surface area contributed by atoms with Gasteiger partial charge in [-0.3, -0.25) is 0 Å². The largest absolute Gasteiger partial charge is 0.458 e. The molecule has 0 aliphatic rings. The van der Waals surface area contributed by atoms with E-state index in [9.17, 15) is 0 Å². The van der Waals surface area contributed by atoms with Crippen molar-refractivity contribution in [1.29, 1.82) is 0 Å². The molecule has 3 heteroatoms. The van der Waals surface area contributed by atoms with Crippen LogP contribution in [0.15, 0.2) is 28.7 Å². The van der Waals surface area contributed by atoms with Crippen molar-refractivity contribution in [2.45, 2.75) is 33.2 Å². The second kappa shape index (κ2) is 4.94. The van der Waals surface area contributed by atoms with Gasteiger partial charge in [0.1, 0.15) is 5.76 Å². The summed E-state index contributed by atoms with van der Waals surface area (Å²) < 4.78 is 5.95. The highest BCUT2D eigenvalue weighted by Gasteiger charge is 2.30. The normalized spacial score (nSPS) is 14.1. The van der Waals surface area contributed by atoms with Crippen LogP contribution in [0.4, 0.5) is 0 Å². The Morgan fingerprint density at radius 2 is 2.11 bits per heavy atom. The van der Waals surface area contributed by atoms with Gasteiger partial charge in [-0.15, -0.1) is 0 Å². The highest BCUT2D eigenvalue weighted by Crippen LogP contribution is 2.39. The maximum absolute atomic E-state index is 6.15. The number of benzene rings is 1. The first-order valence-corrected chi connectivity index (χ1v) is 6.72. The first-order chi connectivity index (χ1) is 8.49. The van der Waals surface area contributed by atoms with Crippen molar-refractivity contribution in [3.63, 3.8) is 0 Å². The minimum atomic E-state index is 0.134. The summed E-state index contributed by atoms with van der Waals surface area (Å²) in [6.07, 6.45) is 1.07. The van der Waals surface area contributed by atoms with Gasteiger partial charge in [0.25, 0.3) is 0 Å². The van der Waals surface area contributed by atoms with Gasteiger partial charge in [0.2, 0.25) is 0 Å². The molecule has 1 aromatic carbocycles. The van der Waals surface area contributed by atoms with Crippen LogP contribution in [0.3, 0.4) is 0 Å². The number of halogens is 1. The highest BCUT2D eigenvalue weighted by molar-refractivity contribution is 6.34. The number of fused-ring (bicyclic) bond motifs is 1. The van der Waals surface area contributed by atoms with Crippen molar-refractivity contribution >= 4 is 22.6 Å². The molecule has 1 aromatic heterocycles. The lowest BCUT2D eigenvalue weighted by Gasteiger charge is -2.31. The maximum atomic E-state index is 6.15. The molecule has 0 bridgehead atoms. The van der Waals surface area contributed by atoms with E-state index in [-0.39, 0.29) is 11.5 Å². The van der Waals surface area contributed by atoms with E-state index in [4.69, 9.17) is 16.0 Å². The quantitative estimate of drug-likeness (QED) is 0.860. The average Bonchev–Trinajstić information content (AvgIpc) is 2.74. The molecular formula is C15H20ClNO. The molecule has 0 saturated heterocycles. The molecule has 2 rings (SSSR count). The number of hydrogen-bond donors (Lipinski definition) is 1. The minimum absolute atomic E-state index is 0.134. The van der Waals surface area contributed by atoms with Gasteiger partial charge in [0.15, 0.2) is 5.58 Å². The predicted molar refractivity (Wildman–Crippen MR) is 77.1 cm³/mol. The standard InChI is InChI=1S/C15H20ClNO/c1-5-15(2,3)14(17-4)12-9-10-7-6-8-11(16)13(10)18-12/h6-9,14,17H,5H2,1-4H3. The van der Waals surface area contributed by atoms with Gasteiger partial charge in [0, 0.05) is 5.39 Å². The predicted octanol–water partition coefficient (Wildman–Crippen LogP) is 4.78. The fourth-order valence-corrected chi connectivity index (χ4v) is 2.53. The number of para-hydroxylation sites is 1. The Morgan fingerprint density at radius 1 is 1.39 bits per heavy atom. The summed E-state index contributed by atoms with van der Waals surface area (Å²) in [7, 11) is 1.97. The van der Waals surface area contributed by atoms with Gasteiger partial charge in [-0.05, 0) is 31.0 Å². The summed E-state index contributed by atoms with van der Waals surface area (Å²) in [6.45, 7) is 6.67. The summed E-state index contributed by atoms with van der Waals surface area (Å²) in [5.74, 6) is 0.951. The van der Waals surface area contributed by atoms with Crippen molar-refractivity contribution in [3.8, 4) is 0 Å². The third-order valence-corrected chi connectivity index (χ3v) is 4.08. The molecule has 2 aromatic rings. The molecule has 0 aliphatic carbocycles. The van der Waals surface area contributed by atoms with Crippen molar-refractivity contribution in [2.24, 2.45) is 5.41 Å². The Labute approximate surface area is 113 Å². The third-order valence-electron chi connectivity index (χ3n) is 3.78. The van der Waals surface area contributed by atoms with Crippen LogP contribution in [-0.4, -0.2) is 7.05 Å². The van der Waals surface area contributed by atoms with Crippen molar-refractivity contribution in [3.05, 3.63) is 35.0 Å². The van der Waals surface area contributed by atoms with Gasteiger partial charge >= 0.3 is 0 Å². The van der Waals surface area contributed by atoms with Gasteiger partial charge < -0.3 is 9.73 Å². The minimum Gasteiger partial charge on any atom is -0.458 e. The molecule has 0 spiro atoms. The van der Waals surface area contributed by atoms with Crippen LogP contribution in [0.1, 0.15) is 39.0 Å². The molecule has 98 valence electrons. The van der Waals surface area contributed by atoms with Gasteiger partial charge in [-0.25, -0.2) is 0 Å². The first kappa shape index (κ1) is 13.4. The van der Waals surface area contributed by atoms with Crippen molar-refractivity contribution in [1.82, 2.24) is 5.32 Å². The summed E-state index contributed by atoms with van der Waals surface area (Å²) in [6, 6.07) is 8.10. The fraction of sp³-hybridized carbons (Fsp3) is 0.467. The van der Waals surface area contributed by atoms with Crippen LogP contribution in [-0.2, 0) is 0 Å². The summed E-state index contributed by atoms with van der Waals surface area (Å²) in [5, 5.41) is 5.08. The SMILES string of the molecule is CCC(C)(C)C(NC)c1cc2cccc(Cl)c2o1. The number of furan rings is 1. The topological polar surface area (TPSA) is 25.2 Å². The Morgan fingerprint density at radius 3 is 2.67 bits per heavy atom. The molecule has 1 N–H and O–H groups in total. The van der Waals surface area contributed by atoms with Crippen LogP contribution in [0, 0.1) is 5.41 Å². The van der Waals surface area contributed by atoms with Crippen LogP contribution in [0.5, 0.6) is 0 Å². The van der Waals surface area contributed by atoms with Crippen LogP contribution in [0.25, 0.3) is 11.0 Å². The zero-order chi connectivity index (χ0) is 13.3. The zero-order valence-corrected chi connectivity index (χ0v) is 12.1. The molecule has 0 fully saturated rings.